The van der Waals surface area contributed by atoms with Crippen molar-refractivity contribution in [3.05, 3.63) is 34.8 Å². The highest BCUT2D eigenvalue weighted by Gasteiger charge is 2.27. The van der Waals surface area contributed by atoms with E-state index in [1.807, 2.05) is 11.1 Å². The van der Waals surface area contributed by atoms with Crippen molar-refractivity contribution in [2.24, 2.45) is 5.92 Å². The number of thiazole rings is 1. The van der Waals surface area contributed by atoms with Gasteiger partial charge in [-0.1, -0.05) is 0 Å². The Morgan fingerprint density at radius 2 is 2.29 bits per heavy atom. The maximum Gasteiger partial charge on any atom is 0.273 e. The van der Waals surface area contributed by atoms with Gasteiger partial charge in [0.1, 0.15) is 11.5 Å². The molecule has 0 aliphatic carbocycles. The van der Waals surface area contributed by atoms with Crippen LogP contribution in [0.25, 0.3) is 0 Å². The van der Waals surface area contributed by atoms with Gasteiger partial charge in [-0.2, -0.15) is 0 Å². The number of imidazole rings is 1. The molecular formula is C14H19N5OS. The van der Waals surface area contributed by atoms with E-state index in [4.69, 9.17) is 0 Å². The maximum absolute atomic E-state index is 12.6. The van der Waals surface area contributed by atoms with Crippen molar-refractivity contribution in [3.63, 3.8) is 0 Å². The Bertz CT molecular complexity index is 607. The van der Waals surface area contributed by atoms with Crippen molar-refractivity contribution in [3.8, 4) is 0 Å². The van der Waals surface area contributed by atoms with Gasteiger partial charge in [-0.15, -0.1) is 11.3 Å². The number of aromatic nitrogens is 3. The number of fused-ring (bicyclic) bond motifs is 1. The van der Waals surface area contributed by atoms with Crippen LogP contribution in [-0.2, 0) is 13.1 Å². The summed E-state index contributed by atoms with van der Waals surface area (Å²) < 4.78 is 2.16. The van der Waals surface area contributed by atoms with E-state index in [0.717, 1.165) is 25.5 Å². The van der Waals surface area contributed by atoms with Crippen molar-refractivity contribution in [1.82, 2.24) is 24.3 Å². The van der Waals surface area contributed by atoms with Crippen molar-refractivity contribution in [1.29, 1.82) is 0 Å². The van der Waals surface area contributed by atoms with Gasteiger partial charge in [-0.3, -0.25) is 4.79 Å². The predicted molar refractivity (Wildman–Crippen MR) is 81.1 cm³/mol. The molecule has 1 amide bonds. The Hall–Kier alpha value is -1.73. The lowest BCUT2D eigenvalue weighted by atomic mass is 10.1. The van der Waals surface area contributed by atoms with Gasteiger partial charge in [-0.25, -0.2) is 9.97 Å². The molecule has 0 fully saturated rings. The Morgan fingerprint density at radius 3 is 3.00 bits per heavy atom. The average molecular weight is 305 g/mol. The molecule has 0 aromatic carbocycles. The van der Waals surface area contributed by atoms with E-state index in [1.54, 1.807) is 17.1 Å². The first-order valence-corrected chi connectivity index (χ1v) is 7.90. The van der Waals surface area contributed by atoms with Crippen molar-refractivity contribution in [2.45, 2.75) is 13.1 Å². The number of hydrogen-bond donors (Lipinski definition) is 0. The molecule has 1 unspecified atom stereocenters. The molecule has 0 saturated carbocycles. The van der Waals surface area contributed by atoms with Crippen LogP contribution in [0.4, 0.5) is 0 Å². The fourth-order valence-electron chi connectivity index (χ4n) is 2.81. The number of hydrogen-bond acceptors (Lipinski definition) is 5. The zero-order valence-corrected chi connectivity index (χ0v) is 13.1. The lowest BCUT2D eigenvalue weighted by Gasteiger charge is -2.25. The lowest BCUT2D eigenvalue weighted by molar-refractivity contribution is 0.0705. The molecule has 2 aromatic heterocycles. The molecule has 0 bridgehead atoms. The van der Waals surface area contributed by atoms with Crippen LogP contribution in [0, 0.1) is 5.92 Å². The number of nitrogens with zero attached hydrogens (tertiary/aromatic N) is 5. The van der Waals surface area contributed by atoms with E-state index < -0.39 is 0 Å². The molecule has 1 aliphatic rings. The minimum Gasteiger partial charge on any atom is -0.333 e. The predicted octanol–water partition coefficient (Wildman–Crippen LogP) is 1.17. The van der Waals surface area contributed by atoms with Gasteiger partial charge >= 0.3 is 0 Å². The summed E-state index contributed by atoms with van der Waals surface area (Å²) >= 11 is 1.45. The Kier molecular flexibility index (Phi) is 4.03. The minimum atomic E-state index is -0.00328. The number of carbonyl (C=O) groups is 1. The molecule has 0 radical (unpaired) electrons. The van der Waals surface area contributed by atoms with E-state index in [-0.39, 0.29) is 5.91 Å². The SMILES string of the molecule is CN(C)CC1CN(C(=O)c2cscn2)Cc2nccn2C1. The summed E-state index contributed by atoms with van der Waals surface area (Å²) in [6, 6.07) is 0. The normalized spacial score (nSPS) is 18.6. The molecule has 3 heterocycles. The Morgan fingerprint density at radius 1 is 1.43 bits per heavy atom. The summed E-state index contributed by atoms with van der Waals surface area (Å²) in [4.78, 5) is 25.2. The van der Waals surface area contributed by atoms with Gasteiger partial charge in [0.15, 0.2) is 0 Å². The van der Waals surface area contributed by atoms with Crippen LogP contribution < -0.4 is 0 Å². The van der Waals surface area contributed by atoms with Crippen LogP contribution in [0.2, 0.25) is 0 Å². The largest absolute Gasteiger partial charge is 0.333 e. The number of amides is 1. The summed E-state index contributed by atoms with van der Waals surface area (Å²) in [5, 5.41) is 1.81. The van der Waals surface area contributed by atoms with E-state index in [9.17, 15) is 4.79 Å². The molecule has 3 rings (SSSR count). The van der Waals surface area contributed by atoms with Crippen LogP contribution >= 0.6 is 11.3 Å². The first-order valence-electron chi connectivity index (χ1n) is 6.95. The third-order valence-electron chi connectivity index (χ3n) is 3.63. The summed E-state index contributed by atoms with van der Waals surface area (Å²) in [6.07, 6.45) is 3.80. The third kappa shape index (κ3) is 3.14. The molecule has 1 atom stereocenters. The lowest BCUT2D eigenvalue weighted by Crippen LogP contribution is -2.37. The zero-order chi connectivity index (χ0) is 14.8. The van der Waals surface area contributed by atoms with Gasteiger partial charge in [0.05, 0.1) is 12.1 Å². The Balaban J connectivity index is 1.84. The highest BCUT2D eigenvalue weighted by atomic mass is 32.1. The van der Waals surface area contributed by atoms with Crippen LogP contribution in [0.1, 0.15) is 16.3 Å². The first-order chi connectivity index (χ1) is 10.1. The molecule has 1 aliphatic heterocycles. The van der Waals surface area contributed by atoms with E-state index in [0.29, 0.717) is 18.2 Å². The van der Waals surface area contributed by atoms with Gasteiger partial charge < -0.3 is 14.4 Å². The quantitative estimate of drug-likeness (QED) is 0.854. The van der Waals surface area contributed by atoms with Crippen LogP contribution in [0.3, 0.4) is 0 Å². The van der Waals surface area contributed by atoms with Crippen LogP contribution in [-0.4, -0.2) is 57.4 Å². The van der Waals surface area contributed by atoms with Crippen molar-refractivity contribution < 1.29 is 4.79 Å². The zero-order valence-electron chi connectivity index (χ0n) is 12.3. The molecule has 21 heavy (non-hydrogen) atoms. The highest BCUT2D eigenvalue weighted by Crippen LogP contribution is 2.18. The number of rotatable bonds is 3. The third-order valence-corrected chi connectivity index (χ3v) is 4.22. The van der Waals surface area contributed by atoms with Crippen molar-refractivity contribution in [2.75, 3.05) is 27.2 Å². The average Bonchev–Trinajstić information content (AvgIpc) is 3.06. The molecule has 6 nitrogen and oxygen atoms in total. The summed E-state index contributed by atoms with van der Waals surface area (Å²) in [5.74, 6) is 1.33. The topological polar surface area (TPSA) is 54.3 Å². The first kappa shape index (κ1) is 14.2. The summed E-state index contributed by atoms with van der Waals surface area (Å²) in [7, 11) is 4.12. The number of carbonyl (C=O) groups excluding carboxylic acids is 1. The fourth-order valence-corrected chi connectivity index (χ4v) is 3.33. The highest BCUT2D eigenvalue weighted by molar-refractivity contribution is 7.07. The van der Waals surface area contributed by atoms with Gasteiger partial charge in [0, 0.05) is 43.3 Å². The molecule has 0 saturated heterocycles. The maximum atomic E-state index is 12.6. The second kappa shape index (κ2) is 5.95. The van der Waals surface area contributed by atoms with E-state index in [1.165, 1.54) is 11.3 Å². The van der Waals surface area contributed by atoms with Crippen LogP contribution in [0.5, 0.6) is 0 Å². The second-order valence-electron chi connectivity index (χ2n) is 5.68. The van der Waals surface area contributed by atoms with Crippen LogP contribution in [0.15, 0.2) is 23.3 Å². The van der Waals surface area contributed by atoms with E-state index >= 15 is 0 Å². The van der Waals surface area contributed by atoms with Crippen molar-refractivity contribution >= 4 is 17.2 Å². The van der Waals surface area contributed by atoms with Gasteiger partial charge in [-0.05, 0) is 14.1 Å². The van der Waals surface area contributed by atoms with E-state index in [2.05, 4.69) is 33.5 Å². The van der Waals surface area contributed by atoms with Gasteiger partial charge in [0.2, 0.25) is 0 Å². The second-order valence-corrected chi connectivity index (χ2v) is 6.40. The Labute approximate surface area is 128 Å². The fraction of sp³-hybridized carbons (Fsp3) is 0.500. The molecule has 112 valence electrons. The summed E-state index contributed by atoms with van der Waals surface area (Å²) in [6.45, 7) is 3.12. The smallest absolute Gasteiger partial charge is 0.273 e. The molecule has 0 spiro atoms. The molecular weight excluding hydrogens is 286 g/mol. The molecule has 7 heteroatoms. The van der Waals surface area contributed by atoms with Gasteiger partial charge in [0.25, 0.3) is 5.91 Å². The summed E-state index contributed by atoms with van der Waals surface area (Å²) in [5.41, 5.74) is 2.23. The monoisotopic (exact) mass is 305 g/mol. The standard InChI is InChI=1S/C14H19N5OS/c1-17(2)5-11-6-18-4-3-15-13(18)8-19(7-11)14(20)12-9-21-10-16-12/h3-4,9-11H,5-8H2,1-2H3. The molecule has 0 N–H and O–H groups in total. The minimum absolute atomic E-state index is 0.00328. The molecule has 2 aromatic rings.